The minimum Gasteiger partial charge on any atom is -0.497 e. The average Bonchev–Trinajstić information content (AvgIpc) is 3.53. The molecule has 0 radical (unpaired) electrons. The monoisotopic (exact) mass is 472 g/mol. The molecule has 2 aromatic rings. The first-order chi connectivity index (χ1) is 17.0. The number of nitrogens with zero attached hydrogens (tertiary/aromatic N) is 4. The van der Waals surface area contributed by atoms with Crippen molar-refractivity contribution < 1.29 is 9.47 Å². The van der Waals surface area contributed by atoms with Gasteiger partial charge in [0.25, 0.3) is 0 Å². The topological polar surface area (TPSA) is 50.7 Å². The van der Waals surface area contributed by atoms with Crippen molar-refractivity contribution in [1.29, 1.82) is 0 Å². The summed E-state index contributed by atoms with van der Waals surface area (Å²) in [4.78, 5) is 15.1. The molecule has 1 aromatic heterocycles. The smallest absolute Gasteiger partial charge is 0.226 e. The third-order valence-electron chi connectivity index (χ3n) is 10.5. The molecule has 2 saturated carbocycles. The van der Waals surface area contributed by atoms with E-state index in [0.717, 1.165) is 48.4 Å². The minimum absolute atomic E-state index is 0.0566. The van der Waals surface area contributed by atoms with Crippen LogP contribution in [0, 0.1) is 25.7 Å². The van der Waals surface area contributed by atoms with Gasteiger partial charge in [-0.2, -0.15) is 0 Å². The second-order valence-electron chi connectivity index (χ2n) is 12.2. The Morgan fingerprint density at radius 3 is 2.69 bits per heavy atom. The van der Waals surface area contributed by atoms with Gasteiger partial charge in [-0.15, -0.1) is 0 Å². The maximum atomic E-state index is 7.42. The van der Waals surface area contributed by atoms with E-state index in [1.54, 1.807) is 7.11 Å². The Bertz CT molecular complexity index is 1190. The lowest BCUT2D eigenvalue weighted by molar-refractivity contribution is -0.162. The van der Waals surface area contributed by atoms with Crippen LogP contribution in [0.25, 0.3) is 0 Å². The zero-order valence-corrected chi connectivity index (χ0v) is 21.2. The zero-order chi connectivity index (χ0) is 23.5. The van der Waals surface area contributed by atoms with Gasteiger partial charge < -0.3 is 14.4 Å². The molecule has 35 heavy (non-hydrogen) atoms. The molecule has 4 bridgehead atoms. The molecule has 3 aliphatic heterocycles. The Hall–Kier alpha value is -2.18. The minimum atomic E-state index is -0.0686. The van der Waals surface area contributed by atoms with Gasteiger partial charge in [0.15, 0.2) is 0 Å². The molecule has 0 N–H and O–H groups in total. The van der Waals surface area contributed by atoms with Crippen LogP contribution in [0.2, 0.25) is 0 Å². The molecule has 4 heterocycles. The van der Waals surface area contributed by atoms with Crippen LogP contribution in [0.1, 0.15) is 54.6 Å². The summed E-state index contributed by atoms with van der Waals surface area (Å²) in [6.45, 7) is 7.54. The third-order valence-corrected chi connectivity index (χ3v) is 10.5. The number of rotatable bonds is 4. The normalized spacial score (nSPS) is 38.9. The molecule has 6 heteroatoms. The first-order valence-corrected chi connectivity index (χ1v) is 13.7. The summed E-state index contributed by atoms with van der Waals surface area (Å²) in [6, 6.07) is 9.91. The summed E-state index contributed by atoms with van der Waals surface area (Å²) < 4.78 is 13.2. The van der Waals surface area contributed by atoms with Gasteiger partial charge in [0.2, 0.25) is 5.95 Å². The number of hydrogen-bond acceptors (Lipinski definition) is 6. The number of aromatic nitrogens is 2. The average molecular weight is 473 g/mol. The molecule has 0 spiro atoms. The van der Waals surface area contributed by atoms with Crippen molar-refractivity contribution in [2.75, 3.05) is 31.6 Å². The second-order valence-corrected chi connectivity index (χ2v) is 12.2. The van der Waals surface area contributed by atoms with Crippen LogP contribution in [0.4, 0.5) is 5.95 Å². The number of benzene rings is 1. The molecule has 6 nitrogen and oxygen atoms in total. The number of anilines is 1. The summed E-state index contributed by atoms with van der Waals surface area (Å²) in [6.07, 6.45) is 7.67. The molecule has 6 atom stereocenters. The summed E-state index contributed by atoms with van der Waals surface area (Å²) in [5, 5.41) is 0. The van der Waals surface area contributed by atoms with Crippen molar-refractivity contribution in [3.63, 3.8) is 0 Å². The first-order valence-electron chi connectivity index (χ1n) is 13.7. The van der Waals surface area contributed by atoms with Crippen molar-refractivity contribution in [1.82, 2.24) is 14.9 Å². The number of methoxy groups -OCH3 is 1. The van der Waals surface area contributed by atoms with Crippen molar-refractivity contribution >= 4 is 5.95 Å². The van der Waals surface area contributed by atoms with E-state index in [4.69, 9.17) is 19.4 Å². The second kappa shape index (κ2) is 6.98. The van der Waals surface area contributed by atoms with Crippen LogP contribution in [0.15, 0.2) is 24.3 Å². The van der Waals surface area contributed by atoms with Crippen LogP contribution in [0.5, 0.6) is 5.75 Å². The Morgan fingerprint density at radius 2 is 1.91 bits per heavy atom. The Balaban J connectivity index is 1.28. The van der Waals surface area contributed by atoms with E-state index < -0.39 is 0 Å². The Morgan fingerprint density at radius 1 is 1.09 bits per heavy atom. The summed E-state index contributed by atoms with van der Waals surface area (Å²) in [5.74, 6) is 3.28. The van der Waals surface area contributed by atoms with Crippen molar-refractivity contribution in [3.8, 4) is 5.75 Å². The van der Waals surface area contributed by atoms with E-state index in [0.29, 0.717) is 18.0 Å². The summed E-state index contributed by atoms with van der Waals surface area (Å²) in [7, 11) is 1.80. The number of hydrogen-bond donors (Lipinski definition) is 0. The molecule has 1 aromatic carbocycles. The van der Waals surface area contributed by atoms with Crippen LogP contribution in [-0.2, 0) is 16.6 Å². The van der Waals surface area contributed by atoms with E-state index in [1.807, 2.05) is 0 Å². The standard InChI is InChI=1S/C29H36N4O2/c1-17-12-18(2)31-27(30-17)33-16-24-26-23(33)8-9-29(35-24)25-13-20-6-7-21(34-3)14-22(20)28(26,29)10-11-32(25)15-19-4-5-19/h6-7,12,14,19,23-26H,4-5,8-11,13,15-16H2,1-3H3/t23?,24-,25-,26?,28+,29-/m1/s1. The Labute approximate surface area is 208 Å². The van der Waals surface area contributed by atoms with Crippen LogP contribution in [0.3, 0.4) is 0 Å². The fraction of sp³-hybridized carbons (Fsp3) is 0.655. The fourth-order valence-corrected chi connectivity index (χ4v) is 9.21. The molecular formula is C29H36N4O2. The van der Waals surface area contributed by atoms with Crippen LogP contribution in [-0.4, -0.2) is 65.4 Å². The first kappa shape index (κ1) is 21.0. The molecule has 2 unspecified atom stereocenters. The highest BCUT2D eigenvalue weighted by Gasteiger charge is 2.78. The number of piperidine rings is 1. The molecular weight excluding hydrogens is 436 g/mol. The van der Waals surface area contributed by atoms with Gasteiger partial charge in [0, 0.05) is 47.9 Å². The van der Waals surface area contributed by atoms with Gasteiger partial charge in [0.1, 0.15) is 5.75 Å². The SMILES string of the molecule is COc1ccc2c(c1)[C@]13CCN(CC4CC4)[C@H](C2)[C@]12CCC1C3[C@@H](CN1c1nc(C)cc(C)n1)O2. The van der Waals surface area contributed by atoms with E-state index in [9.17, 15) is 0 Å². The van der Waals surface area contributed by atoms with Crippen molar-refractivity contribution in [2.45, 2.75) is 81.6 Å². The number of likely N-dealkylation sites (tertiary alicyclic amines) is 1. The lowest BCUT2D eigenvalue weighted by atomic mass is 9.46. The molecule has 3 saturated heterocycles. The van der Waals surface area contributed by atoms with Gasteiger partial charge in [-0.3, -0.25) is 4.90 Å². The highest BCUT2D eigenvalue weighted by Crippen LogP contribution is 2.70. The van der Waals surface area contributed by atoms with Gasteiger partial charge >= 0.3 is 0 Å². The fourth-order valence-electron chi connectivity index (χ4n) is 9.21. The van der Waals surface area contributed by atoms with E-state index in [-0.39, 0.29) is 17.1 Å². The van der Waals surface area contributed by atoms with E-state index in [2.05, 4.69) is 47.9 Å². The van der Waals surface area contributed by atoms with Gasteiger partial charge in [-0.1, -0.05) is 6.07 Å². The van der Waals surface area contributed by atoms with Crippen molar-refractivity contribution in [3.05, 3.63) is 46.8 Å². The van der Waals surface area contributed by atoms with E-state index >= 15 is 0 Å². The summed E-state index contributed by atoms with van der Waals surface area (Å²) in [5.41, 5.74) is 5.14. The maximum Gasteiger partial charge on any atom is 0.226 e. The lowest BCUT2D eigenvalue weighted by Crippen LogP contribution is -2.74. The molecule has 184 valence electrons. The number of ether oxygens (including phenoxy) is 2. The molecule has 3 aliphatic carbocycles. The van der Waals surface area contributed by atoms with E-state index in [1.165, 1.54) is 49.9 Å². The van der Waals surface area contributed by atoms with Gasteiger partial charge in [0.05, 0.1) is 18.8 Å². The Kier molecular flexibility index (Phi) is 4.18. The predicted molar refractivity (Wildman–Crippen MR) is 134 cm³/mol. The third kappa shape index (κ3) is 2.63. The predicted octanol–water partition coefficient (Wildman–Crippen LogP) is 3.82. The van der Waals surface area contributed by atoms with Crippen LogP contribution < -0.4 is 9.64 Å². The highest BCUT2D eigenvalue weighted by molar-refractivity contribution is 5.54. The zero-order valence-electron chi connectivity index (χ0n) is 21.2. The maximum absolute atomic E-state index is 7.42. The quantitative estimate of drug-likeness (QED) is 0.675. The number of aryl methyl sites for hydroxylation is 2. The van der Waals surface area contributed by atoms with Crippen molar-refractivity contribution in [2.24, 2.45) is 11.8 Å². The largest absolute Gasteiger partial charge is 0.497 e. The molecule has 5 fully saturated rings. The number of fused-ring (bicyclic) bond motifs is 1. The van der Waals surface area contributed by atoms with Crippen LogP contribution >= 0.6 is 0 Å². The summed E-state index contributed by atoms with van der Waals surface area (Å²) >= 11 is 0. The molecule has 8 rings (SSSR count). The molecule has 6 aliphatic rings. The highest BCUT2D eigenvalue weighted by atomic mass is 16.5. The van der Waals surface area contributed by atoms with Gasteiger partial charge in [-0.05, 0) is 94.2 Å². The van der Waals surface area contributed by atoms with Gasteiger partial charge in [-0.25, -0.2) is 9.97 Å². The lowest BCUT2D eigenvalue weighted by Gasteiger charge is -2.64. The molecule has 0 amide bonds.